The molecule has 3 aliphatic rings. The fourth-order valence-electron chi connectivity index (χ4n) is 10.9. The quantitative estimate of drug-likeness (QED) is 0.166. The van der Waals surface area contributed by atoms with E-state index in [-0.39, 0.29) is 12.1 Å². The third-order valence-corrected chi connectivity index (χ3v) is 13.6. The number of ether oxygens (including phenoxy) is 1. The normalized spacial score (nSPS) is 13.9. The molecule has 0 saturated carbocycles. The van der Waals surface area contributed by atoms with Gasteiger partial charge < -0.3 is 14.5 Å². The summed E-state index contributed by atoms with van der Waals surface area (Å²) in [6.07, 6.45) is 0. The molecule has 0 aromatic heterocycles. The molecule has 2 aliphatic heterocycles. The lowest BCUT2D eigenvalue weighted by Gasteiger charge is -2.41. The second-order valence-corrected chi connectivity index (χ2v) is 17.2. The van der Waals surface area contributed by atoms with Crippen LogP contribution in [0, 0.1) is 0 Å². The Morgan fingerprint density at radius 1 is 0.475 bits per heavy atom. The van der Waals surface area contributed by atoms with Gasteiger partial charge in [0, 0.05) is 44.3 Å². The number of hydrogen-bond acceptors (Lipinski definition) is 3. The molecule has 10 aromatic rings. The van der Waals surface area contributed by atoms with E-state index in [0.717, 1.165) is 28.6 Å². The Morgan fingerprint density at radius 3 is 1.84 bits per heavy atom. The molecule has 0 atom stereocenters. The molecule has 3 nitrogen and oxygen atoms in total. The lowest BCUT2D eigenvalue weighted by Crippen LogP contribution is -2.59. The Balaban J connectivity index is 1.05. The molecule has 0 N–H and O–H groups in total. The van der Waals surface area contributed by atoms with Crippen molar-refractivity contribution in [3.05, 3.63) is 211 Å². The minimum Gasteiger partial charge on any atom is -0.458 e. The summed E-state index contributed by atoms with van der Waals surface area (Å²) < 4.78 is 7.16. The zero-order chi connectivity index (χ0) is 40.4. The Kier molecular flexibility index (Phi) is 7.16. The van der Waals surface area contributed by atoms with Gasteiger partial charge in [0.1, 0.15) is 11.5 Å². The summed E-state index contributed by atoms with van der Waals surface area (Å²) in [7, 11) is 0. The molecular formula is C57H39BN2O. The van der Waals surface area contributed by atoms with Crippen molar-refractivity contribution in [1.82, 2.24) is 0 Å². The van der Waals surface area contributed by atoms with E-state index in [1.807, 2.05) is 0 Å². The average molecular weight is 779 g/mol. The molecule has 1 aliphatic carbocycles. The Bertz CT molecular complexity index is 3410. The van der Waals surface area contributed by atoms with E-state index in [1.54, 1.807) is 0 Å². The molecule has 2 heterocycles. The molecule has 0 fully saturated rings. The fourth-order valence-corrected chi connectivity index (χ4v) is 10.9. The van der Waals surface area contributed by atoms with Crippen molar-refractivity contribution in [2.24, 2.45) is 0 Å². The van der Waals surface area contributed by atoms with Crippen molar-refractivity contribution < 1.29 is 4.74 Å². The van der Waals surface area contributed by atoms with Gasteiger partial charge in [0.05, 0.1) is 11.4 Å². The molecule has 0 amide bonds. The maximum absolute atomic E-state index is 7.16. The highest BCUT2D eigenvalue weighted by molar-refractivity contribution is 6.99. The fraction of sp³-hybridized carbons (Fsp3) is 0.0526. The number of fused-ring (bicyclic) bond motifs is 12. The molecule has 0 radical (unpaired) electrons. The molecule has 4 heteroatoms. The van der Waals surface area contributed by atoms with Gasteiger partial charge in [0.2, 0.25) is 0 Å². The zero-order valence-electron chi connectivity index (χ0n) is 33.9. The Labute approximate surface area is 355 Å². The second kappa shape index (κ2) is 12.7. The summed E-state index contributed by atoms with van der Waals surface area (Å²) in [6, 6.07) is 73.4. The molecular weight excluding hydrogens is 739 g/mol. The monoisotopic (exact) mass is 778 g/mol. The predicted octanol–water partition coefficient (Wildman–Crippen LogP) is 13.3. The highest BCUT2D eigenvalue weighted by atomic mass is 16.5. The van der Waals surface area contributed by atoms with Gasteiger partial charge in [-0.15, -0.1) is 0 Å². The molecule has 0 bridgehead atoms. The third-order valence-electron chi connectivity index (χ3n) is 13.6. The van der Waals surface area contributed by atoms with Crippen molar-refractivity contribution in [3.63, 3.8) is 0 Å². The number of hydrogen-bond donors (Lipinski definition) is 0. The number of anilines is 6. The van der Waals surface area contributed by atoms with E-state index in [4.69, 9.17) is 4.74 Å². The summed E-state index contributed by atoms with van der Waals surface area (Å²) in [5.41, 5.74) is 15.6. The van der Waals surface area contributed by atoms with E-state index in [9.17, 15) is 0 Å². The summed E-state index contributed by atoms with van der Waals surface area (Å²) in [5.74, 6) is 1.84. The molecule has 10 aromatic carbocycles. The second-order valence-electron chi connectivity index (χ2n) is 17.2. The van der Waals surface area contributed by atoms with Crippen molar-refractivity contribution in [2.45, 2.75) is 19.3 Å². The topological polar surface area (TPSA) is 15.7 Å². The van der Waals surface area contributed by atoms with Gasteiger partial charge in [-0.3, -0.25) is 0 Å². The van der Waals surface area contributed by atoms with Crippen LogP contribution < -0.4 is 30.9 Å². The van der Waals surface area contributed by atoms with Crippen LogP contribution in [-0.4, -0.2) is 6.71 Å². The van der Waals surface area contributed by atoms with Crippen LogP contribution in [0.1, 0.15) is 25.0 Å². The Morgan fingerprint density at radius 2 is 1.08 bits per heavy atom. The van der Waals surface area contributed by atoms with Crippen LogP contribution in [0.3, 0.4) is 0 Å². The van der Waals surface area contributed by atoms with Crippen LogP contribution in [0.15, 0.2) is 200 Å². The molecule has 13 rings (SSSR count). The van der Waals surface area contributed by atoms with Gasteiger partial charge >= 0.3 is 0 Å². The minimum atomic E-state index is -0.298. The summed E-state index contributed by atoms with van der Waals surface area (Å²) in [6.45, 7) is 4.79. The van der Waals surface area contributed by atoms with Gasteiger partial charge in [-0.05, 0) is 109 Å². The highest BCUT2D eigenvalue weighted by Gasteiger charge is 2.46. The first-order chi connectivity index (χ1) is 30.0. The van der Waals surface area contributed by atoms with E-state index >= 15 is 0 Å². The first-order valence-corrected chi connectivity index (χ1v) is 21.3. The summed E-state index contributed by atoms with van der Waals surface area (Å²) >= 11 is 0. The molecule has 61 heavy (non-hydrogen) atoms. The van der Waals surface area contributed by atoms with Crippen LogP contribution in [0.2, 0.25) is 0 Å². The van der Waals surface area contributed by atoms with Gasteiger partial charge in [0.15, 0.2) is 0 Å². The number of rotatable bonds is 4. The van der Waals surface area contributed by atoms with Crippen LogP contribution in [0.25, 0.3) is 43.4 Å². The van der Waals surface area contributed by atoms with Gasteiger partial charge in [-0.1, -0.05) is 159 Å². The first kappa shape index (κ1) is 34.3. The maximum Gasteiger partial charge on any atom is 0.256 e. The average Bonchev–Trinajstić information content (AvgIpc) is 3.53. The predicted molar refractivity (Wildman–Crippen MR) is 257 cm³/mol. The SMILES string of the molecule is CC1(C)c2cc3c(cc2-c2c1cc(N(c1ccccc1)c1ccccc1)c1ccccc21)Oc1cccc2c1B3c1ccc3ccccc3c1N2c1cccc2ccccc12. The third kappa shape index (κ3) is 4.82. The van der Waals surface area contributed by atoms with Crippen molar-refractivity contribution in [1.29, 1.82) is 0 Å². The van der Waals surface area contributed by atoms with Gasteiger partial charge in [-0.25, -0.2) is 0 Å². The van der Waals surface area contributed by atoms with Crippen LogP contribution in [-0.2, 0) is 5.41 Å². The van der Waals surface area contributed by atoms with E-state index < -0.39 is 0 Å². The Hall–Kier alpha value is -7.56. The van der Waals surface area contributed by atoms with E-state index in [2.05, 4.69) is 224 Å². The number of para-hydroxylation sites is 2. The zero-order valence-corrected chi connectivity index (χ0v) is 33.9. The minimum absolute atomic E-state index is 0.0236. The van der Waals surface area contributed by atoms with E-state index in [1.165, 1.54) is 88.0 Å². The van der Waals surface area contributed by atoms with Crippen LogP contribution >= 0.6 is 0 Å². The highest BCUT2D eigenvalue weighted by Crippen LogP contribution is 2.56. The van der Waals surface area contributed by atoms with E-state index in [0.29, 0.717) is 0 Å². The lowest BCUT2D eigenvalue weighted by molar-refractivity contribution is 0.487. The van der Waals surface area contributed by atoms with Crippen molar-refractivity contribution in [2.75, 3.05) is 9.80 Å². The largest absolute Gasteiger partial charge is 0.458 e. The maximum atomic E-state index is 7.16. The van der Waals surface area contributed by atoms with Crippen molar-refractivity contribution in [3.8, 4) is 22.6 Å². The molecule has 0 spiro atoms. The first-order valence-electron chi connectivity index (χ1n) is 21.3. The van der Waals surface area contributed by atoms with Gasteiger partial charge in [0.25, 0.3) is 6.71 Å². The lowest BCUT2D eigenvalue weighted by atomic mass is 9.34. The standard InChI is InChI=1S/C57H39BN2O/c1-57(2)45-34-48-53(33-44(45)54-43-27-14-13-26-42(43)51(35-46(54)57)59(38-20-5-3-6-21-38)39-22-7-4-8-23-39)61-52-30-16-29-50-55(52)58(48)47-32-31-37-18-10-12-25-41(37)56(47)60(50)49-28-15-19-36-17-9-11-24-40(36)49/h3-35H,1-2H3. The van der Waals surface area contributed by atoms with Gasteiger partial charge in [-0.2, -0.15) is 0 Å². The smallest absolute Gasteiger partial charge is 0.256 e. The number of nitrogens with zero attached hydrogens (tertiary/aromatic N) is 2. The molecule has 286 valence electrons. The molecule has 0 unspecified atom stereocenters. The summed E-state index contributed by atoms with van der Waals surface area (Å²) in [5, 5.41) is 7.38. The van der Waals surface area contributed by atoms with Crippen molar-refractivity contribution >= 4 is 89.5 Å². The summed E-state index contributed by atoms with van der Waals surface area (Å²) in [4.78, 5) is 4.93. The van der Waals surface area contributed by atoms with Crippen LogP contribution in [0.4, 0.5) is 34.1 Å². The molecule has 0 saturated heterocycles. The van der Waals surface area contributed by atoms with Crippen LogP contribution in [0.5, 0.6) is 11.5 Å². The number of benzene rings is 10.